The maximum atomic E-state index is 12.4. The number of carbonyl (C=O) groups is 4. The van der Waals surface area contributed by atoms with Gasteiger partial charge in [0.1, 0.15) is 5.00 Å². The molecule has 7 nitrogen and oxygen atoms in total. The zero-order valence-electron chi connectivity index (χ0n) is 15.5. The quantitative estimate of drug-likeness (QED) is 0.584. The molecule has 0 saturated heterocycles. The molecule has 2 rings (SSSR count). The van der Waals surface area contributed by atoms with Crippen LogP contribution in [0.15, 0.2) is 24.3 Å². The number of ether oxygens (including phenoxy) is 1. The Hall–Kier alpha value is -3.00. The van der Waals surface area contributed by atoms with Crippen LogP contribution in [-0.2, 0) is 14.3 Å². The number of thiophene rings is 1. The normalized spacial score (nSPS) is 10.2. The van der Waals surface area contributed by atoms with E-state index in [0.29, 0.717) is 21.8 Å². The first-order valence-electron chi connectivity index (χ1n) is 8.15. The first-order chi connectivity index (χ1) is 12.7. The number of hydrogen-bond acceptors (Lipinski definition) is 6. The monoisotopic (exact) mass is 388 g/mol. The van der Waals surface area contributed by atoms with Crippen molar-refractivity contribution in [3.8, 4) is 0 Å². The van der Waals surface area contributed by atoms with Gasteiger partial charge in [-0.1, -0.05) is 12.1 Å². The van der Waals surface area contributed by atoms with Crippen LogP contribution in [0.2, 0.25) is 0 Å². The van der Waals surface area contributed by atoms with Crippen molar-refractivity contribution in [2.24, 2.45) is 0 Å². The van der Waals surface area contributed by atoms with E-state index < -0.39 is 18.5 Å². The number of hydrogen-bond donors (Lipinski definition) is 2. The molecule has 0 radical (unpaired) electrons. The zero-order chi connectivity index (χ0) is 20.1. The Balaban J connectivity index is 2.07. The van der Waals surface area contributed by atoms with Gasteiger partial charge in [0, 0.05) is 17.4 Å². The Kier molecular flexibility index (Phi) is 6.46. The van der Waals surface area contributed by atoms with Gasteiger partial charge in [-0.15, -0.1) is 11.3 Å². The summed E-state index contributed by atoms with van der Waals surface area (Å²) in [4.78, 5) is 48.3. The minimum Gasteiger partial charge on any atom is -0.452 e. The molecule has 0 saturated carbocycles. The first kappa shape index (κ1) is 20.3. The second-order valence-corrected chi connectivity index (χ2v) is 7.12. The number of Topliss-reactive ketones (excluding diaryl/α,β-unsaturated/α-hetero) is 1. The third kappa shape index (κ3) is 5.01. The van der Waals surface area contributed by atoms with Crippen molar-refractivity contribution in [1.82, 2.24) is 0 Å². The molecule has 1 heterocycles. The summed E-state index contributed by atoms with van der Waals surface area (Å²) in [5.74, 6) is -1.76. The van der Waals surface area contributed by atoms with Gasteiger partial charge in [-0.2, -0.15) is 0 Å². The molecule has 27 heavy (non-hydrogen) atoms. The maximum absolute atomic E-state index is 12.4. The van der Waals surface area contributed by atoms with E-state index in [9.17, 15) is 19.2 Å². The van der Waals surface area contributed by atoms with Gasteiger partial charge in [0.2, 0.25) is 5.91 Å². The van der Waals surface area contributed by atoms with Crippen LogP contribution < -0.4 is 10.6 Å². The number of amides is 2. The van der Waals surface area contributed by atoms with E-state index in [1.807, 2.05) is 6.92 Å². The second-order valence-electron chi connectivity index (χ2n) is 5.89. The van der Waals surface area contributed by atoms with Crippen molar-refractivity contribution in [1.29, 1.82) is 0 Å². The standard InChI is InChI=1S/C19H20N2O5S/c1-10-12(3)27-18(20-13(4)23)17(10)19(25)26-9-16(24)21-15-8-6-5-7-14(15)11(2)22/h5-8H,9H2,1-4H3,(H,20,23)(H,21,24). The molecule has 1 aromatic heterocycles. The highest BCUT2D eigenvalue weighted by atomic mass is 32.1. The fourth-order valence-corrected chi connectivity index (χ4v) is 3.50. The van der Waals surface area contributed by atoms with Gasteiger partial charge in [0.15, 0.2) is 12.4 Å². The van der Waals surface area contributed by atoms with E-state index in [1.165, 1.54) is 25.2 Å². The first-order valence-corrected chi connectivity index (χ1v) is 8.96. The average Bonchev–Trinajstić information content (AvgIpc) is 2.86. The van der Waals surface area contributed by atoms with E-state index in [-0.39, 0.29) is 17.3 Å². The summed E-state index contributed by atoms with van der Waals surface area (Å²) >= 11 is 1.27. The highest BCUT2D eigenvalue weighted by Crippen LogP contribution is 2.33. The Labute approximate surface area is 160 Å². The molecular formula is C19H20N2O5S. The predicted molar refractivity (Wildman–Crippen MR) is 103 cm³/mol. The number of benzene rings is 1. The van der Waals surface area contributed by atoms with Crippen LogP contribution >= 0.6 is 11.3 Å². The lowest BCUT2D eigenvalue weighted by molar-refractivity contribution is -0.119. The summed E-state index contributed by atoms with van der Waals surface area (Å²) in [6.45, 7) is 5.80. The number of para-hydroxylation sites is 1. The number of anilines is 2. The number of aryl methyl sites for hydroxylation is 1. The third-order valence-corrected chi connectivity index (χ3v) is 4.92. The average molecular weight is 388 g/mol. The molecule has 0 aliphatic heterocycles. The van der Waals surface area contributed by atoms with Crippen molar-refractivity contribution in [2.45, 2.75) is 27.7 Å². The molecule has 1 aromatic carbocycles. The topological polar surface area (TPSA) is 102 Å². The van der Waals surface area contributed by atoms with Crippen LogP contribution in [0.1, 0.15) is 45.0 Å². The summed E-state index contributed by atoms with van der Waals surface area (Å²) in [5.41, 5.74) is 1.66. The largest absolute Gasteiger partial charge is 0.452 e. The van der Waals surface area contributed by atoms with Crippen LogP contribution in [0.3, 0.4) is 0 Å². The summed E-state index contributed by atoms with van der Waals surface area (Å²) in [5, 5.41) is 5.56. The highest BCUT2D eigenvalue weighted by molar-refractivity contribution is 7.16. The van der Waals surface area contributed by atoms with Gasteiger partial charge in [-0.3, -0.25) is 14.4 Å². The van der Waals surface area contributed by atoms with Crippen molar-refractivity contribution in [3.05, 3.63) is 45.8 Å². The second kappa shape index (κ2) is 8.59. The smallest absolute Gasteiger partial charge is 0.341 e. The van der Waals surface area contributed by atoms with Crippen LogP contribution in [0.25, 0.3) is 0 Å². The summed E-state index contributed by atoms with van der Waals surface area (Å²) in [6.07, 6.45) is 0. The van der Waals surface area contributed by atoms with Crippen molar-refractivity contribution >= 4 is 45.6 Å². The number of rotatable bonds is 6. The minimum absolute atomic E-state index is 0.188. The lowest BCUT2D eigenvalue weighted by Crippen LogP contribution is -2.22. The highest BCUT2D eigenvalue weighted by Gasteiger charge is 2.22. The molecule has 2 aromatic rings. The fraction of sp³-hybridized carbons (Fsp3) is 0.263. The molecule has 0 unspecified atom stereocenters. The van der Waals surface area contributed by atoms with Gasteiger partial charge in [0.25, 0.3) is 5.91 Å². The number of nitrogens with one attached hydrogen (secondary N) is 2. The van der Waals surface area contributed by atoms with Crippen LogP contribution in [-0.4, -0.2) is 30.2 Å². The van der Waals surface area contributed by atoms with E-state index in [4.69, 9.17) is 4.74 Å². The molecule has 0 atom stereocenters. The summed E-state index contributed by atoms with van der Waals surface area (Å²) in [6, 6.07) is 6.57. The Morgan fingerprint density at radius 1 is 1.04 bits per heavy atom. The number of carbonyl (C=O) groups excluding carboxylic acids is 4. The van der Waals surface area contributed by atoms with Crippen molar-refractivity contribution in [3.63, 3.8) is 0 Å². The third-order valence-electron chi connectivity index (χ3n) is 3.79. The summed E-state index contributed by atoms with van der Waals surface area (Å²) < 4.78 is 5.10. The Morgan fingerprint density at radius 2 is 1.70 bits per heavy atom. The van der Waals surface area contributed by atoms with Gasteiger partial charge >= 0.3 is 5.97 Å². The molecule has 0 aliphatic rings. The molecule has 0 fully saturated rings. The van der Waals surface area contributed by atoms with E-state index in [1.54, 1.807) is 31.2 Å². The molecule has 2 amide bonds. The molecule has 0 spiro atoms. The van der Waals surface area contributed by atoms with E-state index in [2.05, 4.69) is 10.6 Å². The lowest BCUT2D eigenvalue weighted by Gasteiger charge is -2.10. The van der Waals surface area contributed by atoms with Crippen molar-refractivity contribution in [2.75, 3.05) is 17.2 Å². The Morgan fingerprint density at radius 3 is 2.33 bits per heavy atom. The van der Waals surface area contributed by atoms with E-state index >= 15 is 0 Å². The minimum atomic E-state index is -0.699. The molecular weight excluding hydrogens is 368 g/mol. The SMILES string of the molecule is CC(=O)Nc1sc(C)c(C)c1C(=O)OCC(=O)Nc1ccccc1C(C)=O. The predicted octanol–water partition coefficient (Wildman–Crippen LogP) is 3.32. The molecule has 0 bridgehead atoms. The number of ketones is 1. The zero-order valence-corrected chi connectivity index (χ0v) is 16.3. The molecule has 8 heteroatoms. The summed E-state index contributed by atoms with van der Waals surface area (Å²) in [7, 11) is 0. The number of esters is 1. The van der Waals surface area contributed by atoms with Gasteiger partial charge in [0.05, 0.1) is 11.3 Å². The van der Waals surface area contributed by atoms with Crippen LogP contribution in [0, 0.1) is 13.8 Å². The lowest BCUT2D eigenvalue weighted by atomic mass is 10.1. The molecule has 0 aliphatic carbocycles. The van der Waals surface area contributed by atoms with Crippen LogP contribution in [0.4, 0.5) is 10.7 Å². The fourth-order valence-electron chi connectivity index (χ4n) is 2.41. The Bertz CT molecular complexity index is 917. The van der Waals surface area contributed by atoms with Gasteiger partial charge in [-0.05, 0) is 38.5 Å². The van der Waals surface area contributed by atoms with Crippen LogP contribution in [0.5, 0.6) is 0 Å². The molecule has 2 N–H and O–H groups in total. The van der Waals surface area contributed by atoms with E-state index in [0.717, 1.165) is 4.88 Å². The van der Waals surface area contributed by atoms with Crippen molar-refractivity contribution < 1.29 is 23.9 Å². The molecule has 142 valence electrons. The van der Waals surface area contributed by atoms with Gasteiger partial charge in [-0.25, -0.2) is 4.79 Å². The van der Waals surface area contributed by atoms with Gasteiger partial charge < -0.3 is 15.4 Å². The maximum Gasteiger partial charge on any atom is 0.341 e.